The van der Waals surface area contributed by atoms with Crippen LogP contribution in [0.1, 0.15) is 65.0 Å². The van der Waals surface area contributed by atoms with Crippen molar-refractivity contribution in [3.05, 3.63) is 24.2 Å². The molecule has 3 heterocycles. The first-order valence-corrected chi connectivity index (χ1v) is 12.4. The molecule has 0 radical (unpaired) electrons. The maximum atomic E-state index is 13.9. The molecule has 2 aliphatic carbocycles. The molecule has 8 atom stereocenters. The molecule has 4 aliphatic rings. The first-order chi connectivity index (χ1) is 17.0. The summed E-state index contributed by atoms with van der Waals surface area (Å²) in [6.45, 7) is 6.19. The van der Waals surface area contributed by atoms with Gasteiger partial charge < -0.3 is 28.1 Å². The number of rotatable bonds is 5. The van der Waals surface area contributed by atoms with Gasteiger partial charge in [-0.3, -0.25) is 19.2 Å². The molecule has 10 nitrogen and oxygen atoms in total. The number of epoxide rings is 1. The molecule has 5 rings (SSSR count). The predicted octanol–water partition coefficient (Wildman–Crippen LogP) is 2.89. The van der Waals surface area contributed by atoms with Crippen molar-refractivity contribution in [3.8, 4) is 0 Å². The van der Waals surface area contributed by atoms with Gasteiger partial charge in [-0.1, -0.05) is 6.92 Å². The number of carbonyl (C=O) groups excluding carboxylic acids is 4. The van der Waals surface area contributed by atoms with E-state index in [2.05, 4.69) is 0 Å². The van der Waals surface area contributed by atoms with E-state index in [1.165, 1.54) is 27.0 Å². The minimum atomic E-state index is -1.02. The van der Waals surface area contributed by atoms with E-state index in [1.807, 2.05) is 6.92 Å². The van der Waals surface area contributed by atoms with Crippen molar-refractivity contribution in [2.75, 3.05) is 13.2 Å². The second kappa shape index (κ2) is 8.61. The summed E-state index contributed by atoms with van der Waals surface area (Å²) in [6, 6.07) is 1.77. The van der Waals surface area contributed by atoms with E-state index >= 15 is 0 Å². The van der Waals surface area contributed by atoms with Gasteiger partial charge in [0, 0.05) is 39.2 Å². The molecule has 0 unspecified atom stereocenters. The Morgan fingerprint density at radius 3 is 2.36 bits per heavy atom. The minimum absolute atomic E-state index is 0.0874. The van der Waals surface area contributed by atoms with E-state index in [4.69, 9.17) is 28.1 Å². The lowest BCUT2D eigenvalue weighted by molar-refractivity contribution is -0.239. The van der Waals surface area contributed by atoms with Gasteiger partial charge in [0.05, 0.1) is 30.0 Å². The van der Waals surface area contributed by atoms with Crippen LogP contribution in [0.15, 0.2) is 23.0 Å². The van der Waals surface area contributed by atoms with Crippen molar-refractivity contribution in [1.82, 2.24) is 0 Å². The number of cyclic esters (lactones) is 1. The fourth-order valence-electron chi connectivity index (χ4n) is 7.40. The Balaban J connectivity index is 1.65. The van der Waals surface area contributed by atoms with Crippen LogP contribution in [-0.4, -0.2) is 54.9 Å². The van der Waals surface area contributed by atoms with Crippen LogP contribution in [0.2, 0.25) is 0 Å². The summed E-state index contributed by atoms with van der Waals surface area (Å²) in [7, 11) is 0. The van der Waals surface area contributed by atoms with Gasteiger partial charge in [-0.15, -0.1) is 0 Å². The topological polar surface area (TPSA) is 131 Å². The standard InChI is InChI=1S/C26H32O10/c1-14-7-22(35-17(4)29)26(13-32-15(2)27)21(8-19(34-16(3)28)9-24(26)12-33-24)25(14)10-20(36-23(25)30)18-5-6-31-11-18/h5-6,11,14,19-22H,7-10,12-13H2,1-4H3/t14-,19+,20-,21-,22+,24+,25-,26+/m1/s1. The van der Waals surface area contributed by atoms with Gasteiger partial charge in [0.15, 0.2) is 0 Å². The van der Waals surface area contributed by atoms with E-state index in [0.29, 0.717) is 32.3 Å². The molecule has 0 aromatic carbocycles. The highest BCUT2D eigenvalue weighted by Crippen LogP contribution is 2.71. The van der Waals surface area contributed by atoms with Crippen LogP contribution in [0.4, 0.5) is 0 Å². The Morgan fingerprint density at radius 2 is 1.78 bits per heavy atom. The van der Waals surface area contributed by atoms with Gasteiger partial charge in [0.2, 0.25) is 0 Å². The minimum Gasteiger partial charge on any atom is -0.472 e. The molecular weight excluding hydrogens is 472 g/mol. The average Bonchev–Trinajstić information content (AvgIpc) is 3.19. The Labute approximate surface area is 208 Å². The van der Waals surface area contributed by atoms with Gasteiger partial charge in [0.25, 0.3) is 0 Å². The molecule has 2 spiro atoms. The largest absolute Gasteiger partial charge is 0.472 e. The van der Waals surface area contributed by atoms with Crippen LogP contribution in [0.3, 0.4) is 0 Å². The lowest BCUT2D eigenvalue weighted by Gasteiger charge is -2.62. The Kier molecular flexibility index (Phi) is 5.93. The second-order valence-electron chi connectivity index (χ2n) is 10.8. The number of hydrogen-bond donors (Lipinski definition) is 0. The highest BCUT2D eigenvalue weighted by atomic mass is 16.6. The molecule has 4 fully saturated rings. The van der Waals surface area contributed by atoms with Crippen molar-refractivity contribution in [2.45, 2.75) is 77.3 Å². The molecule has 0 amide bonds. The fourth-order valence-corrected chi connectivity index (χ4v) is 7.40. The lowest BCUT2D eigenvalue weighted by Crippen LogP contribution is -2.70. The van der Waals surface area contributed by atoms with Crippen LogP contribution < -0.4 is 0 Å². The number of furan rings is 1. The first-order valence-electron chi connectivity index (χ1n) is 12.4. The molecule has 36 heavy (non-hydrogen) atoms. The monoisotopic (exact) mass is 504 g/mol. The van der Waals surface area contributed by atoms with Crippen LogP contribution in [0, 0.1) is 22.7 Å². The lowest BCUT2D eigenvalue weighted by atomic mass is 9.42. The second-order valence-corrected chi connectivity index (χ2v) is 10.8. The molecule has 196 valence electrons. The summed E-state index contributed by atoms with van der Waals surface area (Å²) >= 11 is 0. The van der Waals surface area contributed by atoms with E-state index in [1.54, 1.807) is 12.3 Å². The summed E-state index contributed by atoms with van der Waals surface area (Å²) in [4.78, 5) is 50.1. The summed E-state index contributed by atoms with van der Waals surface area (Å²) in [6.07, 6.45) is 2.82. The number of ether oxygens (including phenoxy) is 5. The summed E-state index contributed by atoms with van der Waals surface area (Å²) < 4.78 is 34.5. The van der Waals surface area contributed by atoms with Gasteiger partial charge in [-0.2, -0.15) is 0 Å². The molecule has 10 heteroatoms. The quantitative estimate of drug-likeness (QED) is 0.335. The number of fused-ring (bicyclic) bond motifs is 3. The van der Waals surface area contributed by atoms with E-state index < -0.39 is 58.6 Å². The fraction of sp³-hybridized carbons (Fsp3) is 0.692. The van der Waals surface area contributed by atoms with Crippen LogP contribution >= 0.6 is 0 Å². The SMILES string of the molecule is CC(=O)OC[C@@]12[C@@H](OC(C)=O)C[C@@H](C)[C@]3(C[C@H](c4ccoc4)OC3=O)[C@H]1C[C@H](OC(C)=O)C[C@]21CO1. The van der Waals surface area contributed by atoms with Gasteiger partial charge in [-0.05, 0) is 30.7 Å². The third kappa shape index (κ3) is 3.64. The van der Waals surface area contributed by atoms with E-state index in [9.17, 15) is 19.2 Å². The van der Waals surface area contributed by atoms with Crippen molar-refractivity contribution >= 4 is 23.9 Å². The van der Waals surface area contributed by atoms with Crippen LogP contribution in [0.5, 0.6) is 0 Å². The summed E-state index contributed by atoms with van der Waals surface area (Å²) in [5.41, 5.74) is -2.15. The number of hydrogen-bond acceptors (Lipinski definition) is 10. The van der Waals surface area contributed by atoms with Gasteiger partial charge >= 0.3 is 23.9 Å². The zero-order valence-electron chi connectivity index (χ0n) is 20.9. The molecule has 0 bridgehead atoms. The number of esters is 4. The molecule has 2 saturated carbocycles. The van der Waals surface area contributed by atoms with Crippen molar-refractivity contribution in [1.29, 1.82) is 0 Å². The third-order valence-corrected chi connectivity index (χ3v) is 8.88. The van der Waals surface area contributed by atoms with Crippen LogP contribution in [0.25, 0.3) is 0 Å². The van der Waals surface area contributed by atoms with Gasteiger partial charge in [-0.25, -0.2) is 0 Å². The Hall–Kier alpha value is -2.88. The zero-order chi connectivity index (χ0) is 25.9. The van der Waals surface area contributed by atoms with E-state index in [-0.39, 0.29) is 18.5 Å². The first kappa shape index (κ1) is 24.8. The molecule has 2 aliphatic heterocycles. The molecule has 1 aromatic rings. The molecule has 2 saturated heterocycles. The molecular formula is C26H32O10. The maximum Gasteiger partial charge on any atom is 0.313 e. The Morgan fingerprint density at radius 1 is 1.06 bits per heavy atom. The number of carbonyl (C=O) groups is 4. The maximum absolute atomic E-state index is 13.9. The smallest absolute Gasteiger partial charge is 0.313 e. The predicted molar refractivity (Wildman–Crippen MR) is 120 cm³/mol. The zero-order valence-corrected chi connectivity index (χ0v) is 20.9. The highest BCUT2D eigenvalue weighted by Gasteiger charge is 2.80. The normalized spacial score (nSPS) is 40.9. The molecule has 0 N–H and O–H groups in total. The Bertz CT molecular complexity index is 1060. The van der Waals surface area contributed by atoms with Crippen molar-refractivity contribution < 1.29 is 47.3 Å². The molecule has 1 aromatic heterocycles. The third-order valence-electron chi connectivity index (χ3n) is 8.88. The average molecular weight is 505 g/mol. The summed E-state index contributed by atoms with van der Waals surface area (Å²) in [5.74, 6) is -2.49. The van der Waals surface area contributed by atoms with E-state index in [0.717, 1.165) is 5.56 Å². The highest BCUT2D eigenvalue weighted by molar-refractivity contribution is 5.81. The van der Waals surface area contributed by atoms with Crippen molar-refractivity contribution in [3.63, 3.8) is 0 Å². The van der Waals surface area contributed by atoms with Gasteiger partial charge in [0.1, 0.15) is 30.5 Å². The van der Waals surface area contributed by atoms with Crippen LogP contribution in [-0.2, 0) is 42.9 Å². The summed E-state index contributed by atoms with van der Waals surface area (Å²) in [5, 5.41) is 0. The van der Waals surface area contributed by atoms with Crippen molar-refractivity contribution in [2.24, 2.45) is 22.7 Å².